The molecule has 0 saturated carbocycles. The highest BCUT2D eigenvalue weighted by atomic mass is 32.2. The predicted octanol–water partition coefficient (Wildman–Crippen LogP) is 4.57. The number of carboxylic acid groups (broad SMARTS) is 1. The average molecular weight is 698 g/mol. The normalized spacial score (nSPS) is 18.7. The number of fused-ring (bicyclic) bond motifs is 1. The van der Waals surface area contributed by atoms with Gasteiger partial charge in [0, 0.05) is 43.0 Å². The van der Waals surface area contributed by atoms with Crippen LogP contribution in [0.2, 0.25) is 0 Å². The third-order valence-electron chi connectivity index (χ3n) is 9.14. The van der Waals surface area contributed by atoms with E-state index in [-0.39, 0.29) is 65.0 Å². The quantitative estimate of drug-likeness (QED) is 0.261. The fraction of sp³-hybridized carbons (Fsp3) is 0.278. The van der Waals surface area contributed by atoms with Crippen LogP contribution in [0.1, 0.15) is 29.2 Å². The zero-order valence-corrected chi connectivity index (χ0v) is 28.7. The molecule has 2 amide bonds. The maximum Gasteiger partial charge on any atom is 0.407 e. The van der Waals surface area contributed by atoms with Crippen LogP contribution in [0.3, 0.4) is 0 Å². The summed E-state index contributed by atoms with van der Waals surface area (Å²) < 4.78 is 47.2. The van der Waals surface area contributed by atoms with Gasteiger partial charge in [-0.25, -0.2) is 22.5 Å². The molecular weight excluding hydrogens is 662 g/mol. The lowest BCUT2D eigenvalue weighted by molar-refractivity contribution is -0.122. The van der Waals surface area contributed by atoms with Crippen molar-refractivity contribution in [3.63, 3.8) is 0 Å². The summed E-state index contributed by atoms with van der Waals surface area (Å²) in [4.78, 5) is 36.0. The second-order valence-electron chi connectivity index (χ2n) is 11.8. The smallest absolute Gasteiger partial charge is 0.407 e. The van der Waals surface area contributed by atoms with Crippen LogP contribution in [-0.2, 0) is 20.2 Å². The van der Waals surface area contributed by atoms with E-state index in [9.17, 15) is 23.6 Å². The van der Waals surface area contributed by atoms with Gasteiger partial charge >= 0.3 is 6.09 Å². The number of nitriles is 1. The van der Waals surface area contributed by atoms with Crippen molar-refractivity contribution in [3.8, 4) is 23.3 Å². The molecular formula is C36H35N5O8S. The number of hydrogen-bond acceptors (Lipinski definition) is 10. The summed E-state index contributed by atoms with van der Waals surface area (Å²) >= 11 is 0. The van der Waals surface area contributed by atoms with Crippen LogP contribution in [0, 0.1) is 18.3 Å². The van der Waals surface area contributed by atoms with E-state index in [0.29, 0.717) is 15.9 Å². The van der Waals surface area contributed by atoms with Crippen molar-refractivity contribution in [2.75, 3.05) is 49.7 Å². The Kier molecular flexibility index (Phi) is 9.02. The lowest BCUT2D eigenvalue weighted by Crippen LogP contribution is -2.66. The Morgan fingerprint density at radius 2 is 1.80 bits per heavy atom. The molecule has 1 saturated heterocycles. The summed E-state index contributed by atoms with van der Waals surface area (Å²) in [5.74, 6) is 0.145. The van der Waals surface area contributed by atoms with E-state index in [1.54, 1.807) is 37.4 Å². The van der Waals surface area contributed by atoms with Gasteiger partial charge in [-0.1, -0.05) is 18.2 Å². The van der Waals surface area contributed by atoms with Gasteiger partial charge in [-0.3, -0.25) is 4.79 Å². The molecule has 258 valence electrons. The maximum atomic E-state index is 15.6. The second kappa shape index (κ2) is 13.2. The number of aryl methyl sites for hydroxylation is 1. The number of carbonyl (C=O) groups excluding carboxylic acids is 1. The fourth-order valence-corrected chi connectivity index (χ4v) is 8.54. The van der Waals surface area contributed by atoms with Crippen molar-refractivity contribution in [2.45, 2.75) is 30.2 Å². The minimum Gasteiger partial charge on any atom is -0.497 e. The maximum absolute atomic E-state index is 15.6. The van der Waals surface area contributed by atoms with Crippen LogP contribution in [0.5, 0.6) is 17.2 Å². The lowest BCUT2D eigenvalue weighted by Gasteiger charge is -2.48. The number of anilines is 2. The molecule has 1 aromatic heterocycles. The monoisotopic (exact) mass is 697 g/mol. The fourth-order valence-electron chi connectivity index (χ4n) is 6.93. The number of ether oxygens (including phenoxy) is 3. The highest BCUT2D eigenvalue weighted by molar-refractivity contribution is 7.93. The van der Waals surface area contributed by atoms with Crippen molar-refractivity contribution in [1.29, 1.82) is 5.26 Å². The predicted molar refractivity (Wildman–Crippen MR) is 183 cm³/mol. The van der Waals surface area contributed by atoms with E-state index in [0.717, 1.165) is 5.56 Å². The summed E-state index contributed by atoms with van der Waals surface area (Å²) in [6.07, 6.45) is 0.346. The molecule has 0 aliphatic carbocycles. The highest BCUT2D eigenvalue weighted by Gasteiger charge is 2.64. The van der Waals surface area contributed by atoms with Crippen molar-refractivity contribution in [1.82, 2.24) is 9.88 Å². The number of para-hydroxylation sites is 1. The Morgan fingerprint density at radius 1 is 1.02 bits per heavy atom. The van der Waals surface area contributed by atoms with Gasteiger partial charge in [0.05, 0.1) is 44.2 Å². The van der Waals surface area contributed by atoms with Crippen LogP contribution >= 0.6 is 0 Å². The van der Waals surface area contributed by atoms with Gasteiger partial charge in [-0.05, 0) is 67.9 Å². The Morgan fingerprint density at radius 3 is 2.48 bits per heavy atom. The topological polar surface area (TPSA) is 163 Å². The van der Waals surface area contributed by atoms with Crippen LogP contribution in [0.15, 0.2) is 83.9 Å². The number of nitrogens with zero attached hydrogens (tertiary/aromatic N) is 5. The number of pyridine rings is 1. The molecule has 3 aromatic carbocycles. The number of carbonyl (C=O) groups is 2. The van der Waals surface area contributed by atoms with E-state index in [4.69, 9.17) is 14.2 Å². The molecule has 1 N–H and O–H groups in total. The van der Waals surface area contributed by atoms with Crippen LogP contribution in [0.25, 0.3) is 0 Å². The first-order chi connectivity index (χ1) is 24.0. The molecule has 2 atom stereocenters. The van der Waals surface area contributed by atoms with Crippen molar-refractivity contribution >= 4 is 33.5 Å². The summed E-state index contributed by atoms with van der Waals surface area (Å²) in [7, 11) is -2.03. The molecule has 6 rings (SSSR count). The molecule has 4 aromatic rings. The second-order valence-corrected chi connectivity index (χ2v) is 13.6. The molecule has 14 heteroatoms. The Balaban J connectivity index is 1.69. The molecule has 13 nitrogen and oxygen atoms in total. The first-order valence-electron chi connectivity index (χ1n) is 15.8. The lowest BCUT2D eigenvalue weighted by atomic mass is 9.68. The van der Waals surface area contributed by atoms with Crippen LogP contribution in [0.4, 0.5) is 16.3 Å². The zero-order chi connectivity index (χ0) is 35.8. The number of sulfonamides is 1. The molecule has 1 fully saturated rings. The first kappa shape index (κ1) is 34.1. The van der Waals surface area contributed by atoms with Gasteiger partial charge in [0.25, 0.3) is 15.9 Å². The number of amides is 2. The molecule has 50 heavy (non-hydrogen) atoms. The molecule has 0 bridgehead atoms. The summed E-state index contributed by atoms with van der Waals surface area (Å²) in [5, 5.41) is 20.8. The molecule has 2 aliphatic heterocycles. The third-order valence-corrected chi connectivity index (χ3v) is 10.9. The van der Waals surface area contributed by atoms with E-state index in [2.05, 4.69) is 11.1 Å². The van der Waals surface area contributed by atoms with Gasteiger partial charge in [0.1, 0.15) is 33.4 Å². The number of hydrogen-bond donors (Lipinski definition) is 1. The number of aromatic nitrogens is 1. The van der Waals surface area contributed by atoms with Gasteiger partial charge in [-0.15, -0.1) is 0 Å². The SMILES string of the molecule is CCOc1ccccc1C1(C2CN(c3cc(C)ccn3)CCN2C(=O)O)C(=O)N(S(=O)(=O)c2ccc(OC)cc2OC)c2ccc(C#N)cc21. The largest absolute Gasteiger partial charge is 0.497 e. The van der Waals surface area contributed by atoms with Gasteiger partial charge < -0.3 is 29.1 Å². The Bertz CT molecular complexity index is 2130. The molecule has 2 unspecified atom stereocenters. The Labute approximate surface area is 289 Å². The van der Waals surface area contributed by atoms with Gasteiger partial charge in [-0.2, -0.15) is 5.26 Å². The zero-order valence-electron chi connectivity index (χ0n) is 27.9. The molecule has 0 spiro atoms. The Hall–Kier alpha value is -5.81. The van der Waals surface area contributed by atoms with E-state index >= 15 is 4.79 Å². The van der Waals surface area contributed by atoms with Gasteiger partial charge in [0.2, 0.25) is 0 Å². The summed E-state index contributed by atoms with van der Waals surface area (Å²) in [5.41, 5.74) is -0.602. The van der Waals surface area contributed by atoms with Crippen molar-refractivity contribution in [3.05, 3.63) is 101 Å². The number of benzene rings is 3. The van der Waals surface area contributed by atoms with Gasteiger partial charge in [0.15, 0.2) is 0 Å². The number of methoxy groups -OCH3 is 2. The van der Waals surface area contributed by atoms with Crippen LogP contribution in [-0.4, -0.2) is 81.9 Å². The first-order valence-corrected chi connectivity index (χ1v) is 17.2. The highest BCUT2D eigenvalue weighted by Crippen LogP contribution is 2.55. The van der Waals surface area contributed by atoms with E-state index in [1.807, 2.05) is 24.0 Å². The molecule has 3 heterocycles. The van der Waals surface area contributed by atoms with Crippen LogP contribution < -0.4 is 23.4 Å². The molecule has 0 radical (unpaired) electrons. The minimum atomic E-state index is -4.75. The summed E-state index contributed by atoms with van der Waals surface area (Å²) in [6.45, 7) is 4.05. The number of rotatable bonds is 9. The standard InChI is InChI=1S/C36H35N5O8S/c1-5-49-29-9-7-6-8-26(29)36(32-22-39(16-17-40(32)35(43)44)33-18-23(2)14-15-38-33)27-19-24(21-37)10-12-28(27)41(34(36)42)50(45,46)31-13-11-25(47-3)20-30(31)48-4/h6-15,18-20,32H,5,16-17,22H2,1-4H3,(H,43,44). The van der Waals surface area contributed by atoms with Crippen molar-refractivity contribution < 1.29 is 37.3 Å². The molecule has 2 aliphatic rings. The number of piperazine rings is 1. The third kappa shape index (κ3) is 5.39. The van der Waals surface area contributed by atoms with E-state index < -0.39 is 33.5 Å². The average Bonchev–Trinajstić information content (AvgIpc) is 3.39. The minimum absolute atomic E-state index is 0.0330. The van der Waals surface area contributed by atoms with Crippen molar-refractivity contribution in [2.24, 2.45) is 0 Å². The summed E-state index contributed by atoms with van der Waals surface area (Å²) in [6, 6.07) is 19.6. The van der Waals surface area contributed by atoms with E-state index in [1.165, 1.54) is 55.5 Å².